The van der Waals surface area contributed by atoms with Gasteiger partial charge in [-0.15, -0.1) is 0 Å². The number of rotatable bonds is 20. The Morgan fingerprint density at radius 3 is 2.29 bits per heavy atom. The lowest BCUT2D eigenvalue weighted by Crippen LogP contribution is -2.39. The fourth-order valence-electron chi connectivity index (χ4n) is 5.24. The number of amides is 3. The molecular formula is C38H54N3O7P. The van der Waals surface area contributed by atoms with Gasteiger partial charge in [0.2, 0.25) is 17.7 Å². The minimum Gasteiger partial charge on any atom is -0.376 e. The zero-order valence-corrected chi connectivity index (χ0v) is 30.7. The van der Waals surface area contributed by atoms with Crippen LogP contribution >= 0.6 is 7.60 Å². The molecule has 3 rings (SSSR count). The van der Waals surface area contributed by atoms with Crippen LogP contribution in [0.3, 0.4) is 0 Å². The molecule has 1 aliphatic heterocycles. The molecule has 1 atom stereocenters. The number of ether oxygens (including phenoxy) is 1. The number of fused-ring (bicyclic) bond motifs is 2. The first-order valence-electron chi connectivity index (χ1n) is 17.4. The van der Waals surface area contributed by atoms with E-state index in [1.165, 1.54) is 0 Å². The van der Waals surface area contributed by atoms with Gasteiger partial charge in [0.15, 0.2) is 0 Å². The number of nitrogens with one attached hydrogen (secondary N) is 2. The maximum absolute atomic E-state index is 13.4. The fraction of sp³-hybridized carbons (Fsp3) is 0.553. The first-order valence-corrected chi connectivity index (χ1v) is 19.1. The summed E-state index contributed by atoms with van der Waals surface area (Å²) in [6.45, 7) is 11.1. The average molecular weight is 696 g/mol. The van der Waals surface area contributed by atoms with Gasteiger partial charge in [-0.3, -0.25) is 18.9 Å². The Balaban J connectivity index is 1.33. The van der Waals surface area contributed by atoms with Gasteiger partial charge in [-0.25, -0.2) is 0 Å². The second-order valence-electron chi connectivity index (χ2n) is 13.7. The number of carbonyl (C=O) groups is 3. The normalized spacial score (nSPS) is 13.9. The second-order valence-corrected chi connectivity index (χ2v) is 15.9. The van der Waals surface area contributed by atoms with Crippen LogP contribution in [-0.4, -0.2) is 60.7 Å². The number of nitrogens with zero attached hydrogens (tertiary/aromatic N) is 1. The molecule has 11 heteroatoms. The smallest absolute Gasteiger partial charge is 0.327 e. The molecule has 0 saturated carbocycles. The zero-order valence-electron chi connectivity index (χ0n) is 29.8. The number of unbranched alkanes of at least 4 members (excludes halogenated alkanes) is 3. The van der Waals surface area contributed by atoms with Crippen LogP contribution in [0.5, 0.6) is 0 Å². The molecule has 268 valence electrons. The predicted molar refractivity (Wildman–Crippen MR) is 193 cm³/mol. The van der Waals surface area contributed by atoms with Gasteiger partial charge in [-0.2, -0.15) is 0 Å². The highest BCUT2D eigenvalue weighted by atomic mass is 31.2. The summed E-state index contributed by atoms with van der Waals surface area (Å²) in [4.78, 5) is 50.1. The van der Waals surface area contributed by atoms with Crippen molar-refractivity contribution in [2.75, 3.05) is 37.4 Å². The molecule has 1 aliphatic rings. The van der Waals surface area contributed by atoms with Crippen molar-refractivity contribution in [2.45, 2.75) is 98.1 Å². The van der Waals surface area contributed by atoms with E-state index >= 15 is 0 Å². The summed E-state index contributed by atoms with van der Waals surface area (Å²) in [6.07, 6.45) is 4.84. The SMILES string of the molecule is CCP(=O)(O)OCCCCCCNC(=O)C(C)(C)CCOC(C)(C)CCC(=O)NCCC(=O)N1Cc2ccccc2C#Cc2ccccc21. The summed E-state index contributed by atoms with van der Waals surface area (Å²) in [7, 11) is -3.42. The number of carbonyl (C=O) groups excluding carboxylic acids is 3. The third-order valence-electron chi connectivity index (χ3n) is 8.67. The van der Waals surface area contributed by atoms with Gasteiger partial charge in [0.25, 0.3) is 0 Å². The van der Waals surface area contributed by atoms with Gasteiger partial charge >= 0.3 is 7.60 Å². The first kappa shape index (κ1) is 40.0. The monoisotopic (exact) mass is 695 g/mol. The molecule has 0 fully saturated rings. The number of anilines is 1. The van der Waals surface area contributed by atoms with E-state index in [9.17, 15) is 23.8 Å². The van der Waals surface area contributed by atoms with Crippen LogP contribution in [0.4, 0.5) is 5.69 Å². The largest absolute Gasteiger partial charge is 0.376 e. The van der Waals surface area contributed by atoms with E-state index in [1.54, 1.807) is 11.8 Å². The van der Waals surface area contributed by atoms with Crippen molar-refractivity contribution in [3.05, 3.63) is 65.2 Å². The quantitative estimate of drug-likeness (QED) is 0.0838. The van der Waals surface area contributed by atoms with Gasteiger partial charge in [-0.05, 0) is 63.3 Å². The standard InChI is InChI=1S/C38H54N3O7P/c1-6-49(45,46)48-27-14-8-7-13-25-40-36(44)37(2,3)24-28-47-38(4,5)23-21-34(42)39-26-22-35(43)41-29-32-17-10-9-15-30(32)19-20-31-16-11-12-18-33(31)41/h9-12,15-18H,6-8,13-14,21-29H2,1-5H3,(H,39,42)(H,40,44)(H,45,46). The number of para-hydroxylation sites is 1. The van der Waals surface area contributed by atoms with Crippen LogP contribution in [0.25, 0.3) is 0 Å². The lowest BCUT2D eigenvalue weighted by atomic mass is 9.88. The van der Waals surface area contributed by atoms with E-state index < -0.39 is 18.6 Å². The molecule has 1 unspecified atom stereocenters. The second kappa shape index (κ2) is 19.1. The van der Waals surface area contributed by atoms with E-state index in [4.69, 9.17) is 9.26 Å². The van der Waals surface area contributed by atoms with Crippen molar-refractivity contribution in [1.29, 1.82) is 0 Å². The molecule has 3 amide bonds. The first-order chi connectivity index (χ1) is 23.2. The Kier molecular flexibility index (Phi) is 15.5. The summed E-state index contributed by atoms with van der Waals surface area (Å²) in [6, 6.07) is 15.4. The lowest BCUT2D eigenvalue weighted by Gasteiger charge is -2.29. The minimum absolute atomic E-state index is 0.0355. The van der Waals surface area contributed by atoms with Crippen LogP contribution in [0, 0.1) is 17.3 Å². The molecule has 0 aliphatic carbocycles. The molecule has 0 bridgehead atoms. The fourth-order valence-corrected chi connectivity index (χ4v) is 5.84. The molecule has 2 aromatic rings. The van der Waals surface area contributed by atoms with Gasteiger partial charge in [0.05, 0.1) is 24.4 Å². The highest BCUT2D eigenvalue weighted by molar-refractivity contribution is 7.52. The highest BCUT2D eigenvalue weighted by Crippen LogP contribution is 2.41. The molecule has 0 radical (unpaired) electrons. The zero-order chi connectivity index (χ0) is 35.9. The van der Waals surface area contributed by atoms with E-state index in [0.717, 1.165) is 41.6 Å². The maximum Gasteiger partial charge on any atom is 0.327 e. The van der Waals surface area contributed by atoms with Crippen LogP contribution < -0.4 is 15.5 Å². The molecule has 3 N–H and O–H groups in total. The molecule has 10 nitrogen and oxygen atoms in total. The molecule has 0 aromatic heterocycles. The van der Waals surface area contributed by atoms with Crippen molar-refractivity contribution in [1.82, 2.24) is 10.6 Å². The molecule has 0 saturated heterocycles. The Labute approximate surface area is 292 Å². The van der Waals surface area contributed by atoms with Gasteiger partial charge in [-0.1, -0.05) is 75.8 Å². The summed E-state index contributed by atoms with van der Waals surface area (Å²) < 4.78 is 22.6. The van der Waals surface area contributed by atoms with Crippen LogP contribution in [0.2, 0.25) is 0 Å². The van der Waals surface area contributed by atoms with Crippen molar-refractivity contribution in [3.8, 4) is 11.8 Å². The summed E-state index contributed by atoms with van der Waals surface area (Å²) in [5.41, 5.74) is 2.27. The Bertz CT molecular complexity index is 1530. The minimum atomic E-state index is -3.42. The van der Waals surface area contributed by atoms with Gasteiger partial charge < -0.3 is 29.7 Å². The predicted octanol–water partition coefficient (Wildman–Crippen LogP) is 6.33. The lowest BCUT2D eigenvalue weighted by molar-refractivity contribution is -0.131. The van der Waals surface area contributed by atoms with Crippen molar-refractivity contribution in [3.63, 3.8) is 0 Å². The van der Waals surface area contributed by atoms with Crippen molar-refractivity contribution < 1.29 is 33.1 Å². The van der Waals surface area contributed by atoms with Gasteiger partial charge in [0.1, 0.15) is 0 Å². The Hall–Kier alpha value is -3.48. The van der Waals surface area contributed by atoms with E-state index in [-0.39, 0.29) is 49.9 Å². The molecule has 0 spiro atoms. The molecular weight excluding hydrogens is 641 g/mol. The van der Waals surface area contributed by atoms with Crippen molar-refractivity contribution >= 4 is 31.0 Å². The van der Waals surface area contributed by atoms with E-state index in [0.29, 0.717) is 39.0 Å². The van der Waals surface area contributed by atoms with E-state index in [1.807, 2.05) is 76.2 Å². The molecule has 49 heavy (non-hydrogen) atoms. The van der Waals surface area contributed by atoms with Crippen LogP contribution in [0.1, 0.15) is 103 Å². The maximum atomic E-state index is 13.4. The Morgan fingerprint density at radius 2 is 1.53 bits per heavy atom. The highest BCUT2D eigenvalue weighted by Gasteiger charge is 2.29. The molecule has 2 aromatic carbocycles. The average Bonchev–Trinajstić information content (AvgIpc) is 3.05. The summed E-state index contributed by atoms with van der Waals surface area (Å²) in [5, 5.41) is 5.89. The number of benzene rings is 2. The third kappa shape index (κ3) is 13.7. The number of hydrogen-bond acceptors (Lipinski definition) is 6. The van der Waals surface area contributed by atoms with E-state index in [2.05, 4.69) is 22.5 Å². The van der Waals surface area contributed by atoms with Crippen LogP contribution in [0.15, 0.2) is 48.5 Å². The third-order valence-corrected chi connectivity index (χ3v) is 10.1. The Morgan fingerprint density at radius 1 is 0.857 bits per heavy atom. The molecule has 1 heterocycles. The van der Waals surface area contributed by atoms with Crippen LogP contribution in [-0.2, 0) is 34.8 Å². The topological polar surface area (TPSA) is 134 Å². The van der Waals surface area contributed by atoms with Gasteiger partial charge in [0, 0.05) is 55.2 Å². The number of hydrogen-bond donors (Lipinski definition) is 3. The van der Waals surface area contributed by atoms with Crippen molar-refractivity contribution in [2.24, 2.45) is 5.41 Å². The summed E-state index contributed by atoms with van der Waals surface area (Å²) in [5.74, 6) is 6.16. The summed E-state index contributed by atoms with van der Waals surface area (Å²) >= 11 is 0.